The summed E-state index contributed by atoms with van der Waals surface area (Å²) in [5, 5.41) is 10.5. The first-order valence-corrected chi connectivity index (χ1v) is 7.44. The number of nitrogens with zero attached hydrogens (tertiary/aromatic N) is 2. The number of nitrogens with one attached hydrogen (secondary N) is 2. The summed E-state index contributed by atoms with van der Waals surface area (Å²) in [6.07, 6.45) is 4.92. The number of carbonyl (C=O) groups excluding carboxylic acids is 1. The molecule has 1 amide bonds. The van der Waals surface area contributed by atoms with Crippen molar-refractivity contribution in [1.82, 2.24) is 20.4 Å². The van der Waals surface area contributed by atoms with Crippen LogP contribution in [0.4, 0.5) is 4.39 Å². The van der Waals surface area contributed by atoms with Crippen LogP contribution in [-0.4, -0.2) is 28.8 Å². The van der Waals surface area contributed by atoms with Gasteiger partial charge >= 0.3 is 0 Å². The van der Waals surface area contributed by atoms with Crippen molar-refractivity contribution in [3.63, 3.8) is 0 Å². The van der Waals surface area contributed by atoms with E-state index in [-0.39, 0.29) is 24.1 Å². The molecule has 2 aromatic rings. The third kappa shape index (κ3) is 3.71. The lowest BCUT2D eigenvalue weighted by Gasteiger charge is -2.36. The Labute approximate surface area is 140 Å². The van der Waals surface area contributed by atoms with Crippen molar-refractivity contribution in [3.05, 3.63) is 54.1 Å². The Balaban J connectivity index is 0.00000192. The molecule has 0 spiro atoms. The third-order valence-corrected chi connectivity index (χ3v) is 4.16. The first kappa shape index (κ1) is 17.4. The van der Waals surface area contributed by atoms with Gasteiger partial charge in [0.1, 0.15) is 11.4 Å². The van der Waals surface area contributed by atoms with Crippen LogP contribution in [0.15, 0.2) is 42.7 Å². The quantitative estimate of drug-likeness (QED) is 0.894. The molecule has 1 fully saturated rings. The molecule has 1 saturated heterocycles. The van der Waals surface area contributed by atoms with Crippen molar-refractivity contribution < 1.29 is 9.18 Å². The van der Waals surface area contributed by atoms with Crippen molar-refractivity contribution in [2.24, 2.45) is 0 Å². The Kier molecular flexibility index (Phi) is 5.74. The van der Waals surface area contributed by atoms with Crippen molar-refractivity contribution in [1.29, 1.82) is 0 Å². The Morgan fingerprint density at radius 3 is 2.61 bits per heavy atom. The zero-order chi connectivity index (χ0) is 15.4. The molecule has 1 aromatic heterocycles. The van der Waals surface area contributed by atoms with Gasteiger partial charge in [0.05, 0.1) is 0 Å². The van der Waals surface area contributed by atoms with E-state index in [1.54, 1.807) is 23.0 Å². The monoisotopic (exact) mass is 338 g/mol. The van der Waals surface area contributed by atoms with Crippen LogP contribution in [0.5, 0.6) is 0 Å². The number of rotatable bonds is 4. The Morgan fingerprint density at radius 1 is 1.30 bits per heavy atom. The Morgan fingerprint density at radius 2 is 2.00 bits per heavy atom. The standard InChI is InChI=1S/C16H19FN4O.ClH/c17-14-4-2-13(3-5-14)12-19-15(22)16(6-9-18-10-7-16)21-11-1-8-20-21;/h1-5,8,11,18H,6-7,9-10,12H2,(H,19,22);1H. The van der Waals surface area contributed by atoms with Crippen molar-refractivity contribution in [2.75, 3.05) is 13.1 Å². The van der Waals surface area contributed by atoms with Crippen LogP contribution >= 0.6 is 12.4 Å². The van der Waals surface area contributed by atoms with Crippen LogP contribution in [0.3, 0.4) is 0 Å². The predicted molar refractivity (Wildman–Crippen MR) is 87.8 cm³/mol. The van der Waals surface area contributed by atoms with Crippen molar-refractivity contribution in [3.8, 4) is 0 Å². The molecule has 7 heteroatoms. The molecule has 1 aliphatic rings. The van der Waals surface area contributed by atoms with Crippen LogP contribution in [-0.2, 0) is 16.9 Å². The summed E-state index contributed by atoms with van der Waals surface area (Å²) in [5.41, 5.74) is 0.230. The minimum absolute atomic E-state index is 0. The first-order chi connectivity index (χ1) is 10.7. The number of piperidine rings is 1. The maximum Gasteiger partial charge on any atom is 0.248 e. The van der Waals surface area contributed by atoms with Gasteiger partial charge < -0.3 is 10.6 Å². The second-order valence-electron chi connectivity index (χ2n) is 5.54. The minimum atomic E-state index is -0.644. The van der Waals surface area contributed by atoms with E-state index in [1.807, 2.05) is 12.3 Å². The second-order valence-corrected chi connectivity index (χ2v) is 5.54. The molecule has 0 saturated carbocycles. The van der Waals surface area contributed by atoms with Gasteiger partial charge in [0.25, 0.3) is 0 Å². The van der Waals surface area contributed by atoms with Gasteiger partial charge in [0.15, 0.2) is 0 Å². The van der Waals surface area contributed by atoms with E-state index in [4.69, 9.17) is 0 Å². The van der Waals surface area contributed by atoms with Crippen LogP contribution in [0, 0.1) is 5.82 Å². The number of benzene rings is 1. The summed E-state index contributed by atoms with van der Waals surface area (Å²) >= 11 is 0. The highest BCUT2D eigenvalue weighted by molar-refractivity contribution is 5.85. The zero-order valence-electron chi connectivity index (χ0n) is 12.7. The second kappa shape index (κ2) is 7.57. The van der Waals surface area contributed by atoms with Gasteiger partial charge in [0.2, 0.25) is 5.91 Å². The number of amides is 1. The van der Waals surface area contributed by atoms with E-state index in [9.17, 15) is 9.18 Å². The topological polar surface area (TPSA) is 59.0 Å². The number of aromatic nitrogens is 2. The highest BCUT2D eigenvalue weighted by Gasteiger charge is 2.41. The largest absolute Gasteiger partial charge is 0.350 e. The first-order valence-electron chi connectivity index (χ1n) is 7.44. The maximum absolute atomic E-state index is 12.9. The number of hydrogen-bond donors (Lipinski definition) is 2. The molecule has 0 unspecified atom stereocenters. The highest BCUT2D eigenvalue weighted by atomic mass is 35.5. The molecule has 0 radical (unpaired) electrons. The van der Waals surface area contributed by atoms with Gasteiger partial charge in [0, 0.05) is 18.9 Å². The van der Waals surface area contributed by atoms with E-state index in [0.717, 1.165) is 18.7 Å². The molecule has 0 aliphatic carbocycles. The van der Waals surface area contributed by atoms with Gasteiger partial charge in [-0.05, 0) is 49.7 Å². The summed E-state index contributed by atoms with van der Waals surface area (Å²) in [4.78, 5) is 12.8. The van der Waals surface area contributed by atoms with Crippen molar-refractivity contribution >= 4 is 18.3 Å². The fourth-order valence-electron chi connectivity index (χ4n) is 2.87. The highest BCUT2D eigenvalue weighted by Crippen LogP contribution is 2.27. The van der Waals surface area contributed by atoms with E-state index in [2.05, 4.69) is 15.7 Å². The summed E-state index contributed by atoms with van der Waals surface area (Å²) in [7, 11) is 0. The summed E-state index contributed by atoms with van der Waals surface area (Å²) in [5.74, 6) is -0.316. The molecule has 0 bridgehead atoms. The molecule has 2 N–H and O–H groups in total. The average Bonchev–Trinajstić information content (AvgIpc) is 3.09. The molecule has 1 aromatic carbocycles. The zero-order valence-corrected chi connectivity index (χ0v) is 13.5. The number of halogens is 2. The lowest BCUT2D eigenvalue weighted by Crippen LogP contribution is -2.54. The summed E-state index contributed by atoms with van der Waals surface area (Å²) in [6, 6.07) is 7.98. The Bertz CT molecular complexity index is 624. The van der Waals surface area contributed by atoms with Crippen LogP contribution in [0.1, 0.15) is 18.4 Å². The predicted octanol–water partition coefficient (Wildman–Crippen LogP) is 1.84. The Hall–Kier alpha value is -1.92. The fourth-order valence-corrected chi connectivity index (χ4v) is 2.87. The van der Waals surface area contributed by atoms with E-state index >= 15 is 0 Å². The molecule has 0 atom stereocenters. The van der Waals surface area contributed by atoms with Crippen LogP contribution in [0.25, 0.3) is 0 Å². The number of carbonyl (C=O) groups is 1. The molecule has 124 valence electrons. The molecule has 2 heterocycles. The minimum Gasteiger partial charge on any atom is -0.350 e. The van der Waals surface area contributed by atoms with Gasteiger partial charge in [-0.15, -0.1) is 12.4 Å². The maximum atomic E-state index is 12.9. The normalized spacial score (nSPS) is 16.4. The summed E-state index contributed by atoms with van der Waals surface area (Å²) < 4.78 is 14.7. The van der Waals surface area contributed by atoms with E-state index in [1.165, 1.54) is 12.1 Å². The lowest BCUT2D eigenvalue weighted by molar-refractivity contribution is -0.132. The summed E-state index contributed by atoms with van der Waals surface area (Å²) in [6.45, 7) is 1.95. The van der Waals surface area contributed by atoms with E-state index < -0.39 is 5.54 Å². The average molecular weight is 339 g/mol. The molecular weight excluding hydrogens is 319 g/mol. The third-order valence-electron chi connectivity index (χ3n) is 4.16. The smallest absolute Gasteiger partial charge is 0.248 e. The van der Waals surface area contributed by atoms with Gasteiger partial charge in [-0.1, -0.05) is 12.1 Å². The molecule has 5 nitrogen and oxygen atoms in total. The van der Waals surface area contributed by atoms with Crippen LogP contribution < -0.4 is 10.6 Å². The number of hydrogen-bond acceptors (Lipinski definition) is 3. The van der Waals surface area contributed by atoms with Gasteiger partial charge in [-0.25, -0.2) is 4.39 Å². The van der Waals surface area contributed by atoms with Crippen LogP contribution in [0.2, 0.25) is 0 Å². The molecular formula is C16H20ClFN4O. The van der Waals surface area contributed by atoms with Crippen molar-refractivity contribution in [2.45, 2.75) is 24.9 Å². The van der Waals surface area contributed by atoms with E-state index in [0.29, 0.717) is 19.4 Å². The molecule has 23 heavy (non-hydrogen) atoms. The lowest BCUT2D eigenvalue weighted by atomic mass is 9.87. The van der Waals surface area contributed by atoms with Gasteiger partial charge in [-0.2, -0.15) is 5.10 Å². The fraction of sp³-hybridized carbons (Fsp3) is 0.375. The molecule has 3 rings (SSSR count). The molecule has 1 aliphatic heterocycles. The van der Waals surface area contributed by atoms with Gasteiger partial charge in [-0.3, -0.25) is 9.48 Å². The SMILES string of the molecule is Cl.O=C(NCc1ccc(F)cc1)C1(n2cccn2)CCNCC1.